The summed E-state index contributed by atoms with van der Waals surface area (Å²) in [7, 11) is 0. The first-order valence-corrected chi connectivity index (χ1v) is 8.79. The average molecular weight is 339 g/mol. The third-order valence-electron chi connectivity index (χ3n) is 4.33. The molecule has 1 atom stereocenters. The number of rotatable bonds is 3. The molecule has 1 aliphatic rings. The number of nitrogens with one attached hydrogen (secondary N) is 1. The minimum absolute atomic E-state index is 0.00707. The first-order chi connectivity index (χ1) is 11.8. The number of aromatic nitrogens is 4. The van der Waals surface area contributed by atoms with Crippen LogP contribution in [0, 0.1) is 0 Å². The fourth-order valence-electron chi connectivity index (χ4n) is 3.13. The molecule has 1 aliphatic heterocycles. The van der Waals surface area contributed by atoms with Crippen molar-refractivity contribution in [1.82, 2.24) is 24.5 Å². The van der Waals surface area contributed by atoms with Crippen LogP contribution >= 0.6 is 11.5 Å². The maximum Gasteiger partial charge on any atom is 0.267 e. The fraction of sp³-hybridized carbons (Fsp3) is 0.294. The molecule has 4 rings (SSSR count). The zero-order valence-corrected chi connectivity index (χ0v) is 13.9. The van der Waals surface area contributed by atoms with E-state index in [0.29, 0.717) is 4.88 Å². The summed E-state index contributed by atoms with van der Waals surface area (Å²) in [6.45, 7) is 0.739. The molecule has 1 aromatic carbocycles. The number of benzene rings is 1. The summed E-state index contributed by atoms with van der Waals surface area (Å²) in [5, 5.41) is 3.78. The number of hydrogen-bond donors (Lipinski definition) is 1. The number of H-pyrrole nitrogens is 1. The Morgan fingerprint density at radius 2 is 2.08 bits per heavy atom. The summed E-state index contributed by atoms with van der Waals surface area (Å²) < 4.78 is 3.80. The molecule has 3 heterocycles. The van der Waals surface area contributed by atoms with Crippen molar-refractivity contribution in [2.75, 3.05) is 6.54 Å². The van der Waals surface area contributed by atoms with Gasteiger partial charge in [0.15, 0.2) is 0 Å². The number of imidazole rings is 1. The lowest BCUT2D eigenvalue weighted by Gasteiger charge is -2.34. The Balaban J connectivity index is 1.62. The summed E-state index contributed by atoms with van der Waals surface area (Å²) in [6.07, 6.45) is 6.41. The molecule has 6 nitrogen and oxygen atoms in total. The van der Waals surface area contributed by atoms with Crippen LogP contribution in [0.5, 0.6) is 0 Å². The number of nitrogens with zero attached hydrogens (tertiary/aromatic N) is 4. The van der Waals surface area contributed by atoms with Gasteiger partial charge in [0.25, 0.3) is 5.91 Å². The molecule has 0 aliphatic carbocycles. The highest BCUT2D eigenvalue weighted by molar-refractivity contribution is 7.07. The molecule has 0 radical (unpaired) electrons. The summed E-state index contributed by atoms with van der Waals surface area (Å²) >= 11 is 1.14. The van der Waals surface area contributed by atoms with Crippen molar-refractivity contribution in [3.05, 3.63) is 53.4 Å². The van der Waals surface area contributed by atoms with Crippen molar-refractivity contribution >= 4 is 17.4 Å². The van der Waals surface area contributed by atoms with Crippen LogP contribution in [-0.4, -0.2) is 36.9 Å². The molecule has 0 bridgehead atoms. The van der Waals surface area contributed by atoms with E-state index in [-0.39, 0.29) is 11.9 Å². The Hall–Kier alpha value is -2.54. The van der Waals surface area contributed by atoms with Gasteiger partial charge in [0, 0.05) is 6.54 Å². The van der Waals surface area contributed by atoms with E-state index in [1.54, 1.807) is 0 Å². The second-order valence-electron chi connectivity index (χ2n) is 5.84. The number of aromatic amines is 1. The Morgan fingerprint density at radius 1 is 1.21 bits per heavy atom. The lowest BCUT2D eigenvalue weighted by Crippen LogP contribution is -2.38. The highest BCUT2D eigenvalue weighted by Crippen LogP contribution is 2.32. The van der Waals surface area contributed by atoms with Gasteiger partial charge in [-0.1, -0.05) is 34.8 Å². The summed E-state index contributed by atoms with van der Waals surface area (Å²) in [5.74, 6) is 0.840. The minimum Gasteiger partial charge on any atom is -0.340 e. The van der Waals surface area contributed by atoms with E-state index in [4.69, 9.17) is 0 Å². The number of piperidine rings is 1. The molecule has 1 amide bonds. The second-order valence-corrected chi connectivity index (χ2v) is 6.63. The van der Waals surface area contributed by atoms with Gasteiger partial charge in [-0.15, -0.1) is 5.10 Å². The van der Waals surface area contributed by atoms with E-state index in [0.717, 1.165) is 54.4 Å². The van der Waals surface area contributed by atoms with E-state index < -0.39 is 0 Å². The van der Waals surface area contributed by atoms with Gasteiger partial charge in [0.05, 0.1) is 24.1 Å². The largest absolute Gasteiger partial charge is 0.340 e. The van der Waals surface area contributed by atoms with Crippen molar-refractivity contribution in [3.63, 3.8) is 0 Å². The van der Waals surface area contributed by atoms with Gasteiger partial charge in [-0.2, -0.15) is 0 Å². The fourth-order valence-corrected chi connectivity index (χ4v) is 3.60. The smallest absolute Gasteiger partial charge is 0.267 e. The lowest BCUT2D eigenvalue weighted by atomic mass is 10.0. The predicted molar refractivity (Wildman–Crippen MR) is 91.6 cm³/mol. The second kappa shape index (κ2) is 6.52. The zero-order valence-electron chi connectivity index (χ0n) is 13.1. The maximum atomic E-state index is 12.7. The van der Waals surface area contributed by atoms with E-state index in [1.165, 1.54) is 6.20 Å². The van der Waals surface area contributed by atoms with Gasteiger partial charge in [-0.05, 0) is 36.4 Å². The molecule has 0 spiro atoms. The van der Waals surface area contributed by atoms with E-state index >= 15 is 0 Å². The van der Waals surface area contributed by atoms with Gasteiger partial charge in [0.1, 0.15) is 10.7 Å². The Labute approximate surface area is 143 Å². The summed E-state index contributed by atoms with van der Waals surface area (Å²) in [5.41, 5.74) is 2.07. The van der Waals surface area contributed by atoms with Crippen LogP contribution in [0.2, 0.25) is 0 Å². The molecule has 2 aromatic heterocycles. The van der Waals surface area contributed by atoms with Crippen LogP contribution in [0.4, 0.5) is 0 Å². The molecule has 7 heteroatoms. The van der Waals surface area contributed by atoms with Crippen molar-refractivity contribution < 1.29 is 4.79 Å². The standard InChI is InChI=1S/C17H17N5OS/c23-17(15-11-19-21-24-15)22-9-5-4-8-14(22)16-18-10-13(20-16)12-6-2-1-3-7-12/h1-3,6-7,10-11,14H,4-5,8-9H2,(H,18,20)/t14-/m0/s1. The molecule has 0 saturated carbocycles. The number of carbonyl (C=O) groups is 1. The van der Waals surface area contributed by atoms with Crippen LogP contribution in [0.15, 0.2) is 42.7 Å². The highest BCUT2D eigenvalue weighted by atomic mass is 32.1. The Bertz CT molecular complexity index is 815. The van der Waals surface area contributed by atoms with Crippen LogP contribution in [0.25, 0.3) is 11.3 Å². The highest BCUT2D eigenvalue weighted by Gasteiger charge is 2.31. The maximum absolute atomic E-state index is 12.7. The average Bonchev–Trinajstić information content (AvgIpc) is 3.34. The molecule has 1 fully saturated rings. The third-order valence-corrected chi connectivity index (χ3v) is 4.98. The molecule has 122 valence electrons. The van der Waals surface area contributed by atoms with E-state index in [1.807, 2.05) is 41.4 Å². The van der Waals surface area contributed by atoms with Gasteiger partial charge in [-0.3, -0.25) is 4.79 Å². The van der Waals surface area contributed by atoms with Crippen molar-refractivity contribution in [3.8, 4) is 11.3 Å². The molecular formula is C17H17N5OS. The quantitative estimate of drug-likeness (QED) is 0.794. The third kappa shape index (κ3) is 2.82. The number of carbonyl (C=O) groups excluding carboxylic acids is 1. The van der Waals surface area contributed by atoms with E-state index in [2.05, 4.69) is 19.6 Å². The summed E-state index contributed by atoms with van der Waals surface area (Å²) in [6, 6.07) is 10.1. The first kappa shape index (κ1) is 15.0. The molecule has 0 unspecified atom stereocenters. The number of likely N-dealkylation sites (tertiary alicyclic amines) is 1. The Morgan fingerprint density at radius 3 is 2.88 bits per heavy atom. The molecule has 24 heavy (non-hydrogen) atoms. The van der Waals surface area contributed by atoms with Crippen molar-refractivity contribution in [2.45, 2.75) is 25.3 Å². The molecule has 1 saturated heterocycles. The Kier molecular flexibility index (Phi) is 4.08. The number of amides is 1. The van der Waals surface area contributed by atoms with Crippen molar-refractivity contribution in [1.29, 1.82) is 0 Å². The van der Waals surface area contributed by atoms with Gasteiger partial charge in [-0.25, -0.2) is 4.98 Å². The monoisotopic (exact) mass is 339 g/mol. The van der Waals surface area contributed by atoms with Gasteiger partial charge >= 0.3 is 0 Å². The zero-order chi connectivity index (χ0) is 16.4. The number of hydrogen-bond acceptors (Lipinski definition) is 5. The topological polar surface area (TPSA) is 74.8 Å². The lowest BCUT2D eigenvalue weighted by molar-refractivity contribution is 0.0606. The first-order valence-electron chi connectivity index (χ1n) is 8.01. The minimum atomic E-state index is -0.0224. The van der Waals surface area contributed by atoms with Crippen LogP contribution in [0.1, 0.15) is 40.8 Å². The molecule has 1 N–H and O–H groups in total. The van der Waals surface area contributed by atoms with Gasteiger partial charge < -0.3 is 9.88 Å². The predicted octanol–water partition coefficient (Wildman–Crippen LogP) is 3.30. The molecular weight excluding hydrogens is 322 g/mol. The van der Waals surface area contributed by atoms with E-state index in [9.17, 15) is 4.79 Å². The molecule has 3 aromatic rings. The van der Waals surface area contributed by atoms with Gasteiger partial charge in [0.2, 0.25) is 0 Å². The van der Waals surface area contributed by atoms with Crippen LogP contribution in [-0.2, 0) is 0 Å². The SMILES string of the molecule is O=C(c1cnns1)N1CCCC[C@H]1c1ncc(-c2ccccc2)[nH]1. The summed E-state index contributed by atoms with van der Waals surface area (Å²) in [4.78, 5) is 23.2. The van der Waals surface area contributed by atoms with Crippen molar-refractivity contribution in [2.24, 2.45) is 0 Å². The van der Waals surface area contributed by atoms with Crippen LogP contribution in [0.3, 0.4) is 0 Å². The van der Waals surface area contributed by atoms with Crippen LogP contribution < -0.4 is 0 Å². The normalized spacial score (nSPS) is 17.8.